The molecule has 2 aliphatic heterocycles. The van der Waals surface area contributed by atoms with E-state index in [2.05, 4.69) is 20.8 Å². The van der Waals surface area contributed by atoms with E-state index in [1.165, 1.54) is 0 Å². The van der Waals surface area contributed by atoms with Gasteiger partial charge in [0.15, 0.2) is 5.78 Å². The van der Waals surface area contributed by atoms with Crippen LogP contribution < -0.4 is 0 Å². The van der Waals surface area contributed by atoms with Crippen LogP contribution in [0.5, 0.6) is 0 Å². The Labute approximate surface area is 126 Å². The fourth-order valence-electron chi connectivity index (χ4n) is 3.95. The highest BCUT2D eigenvalue weighted by molar-refractivity contribution is 5.96. The molecule has 2 fully saturated rings. The van der Waals surface area contributed by atoms with Crippen molar-refractivity contribution in [2.24, 2.45) is 11.8 Å². The number of ketones is 1. The van der Waals surface area contributed by atoms with E-state index < -0.39 is 6.10 Å². The molecule has 5 atom stereocenters. The third kappa shape index (κ3) is 2.28. The number of carbonyl (C=O) groups is 1. The summed E-state index contributed by atoms with van der Waals surface area (Å²) in [6.45, 7) is 9.21. The lowest BCUT2D eigenvalue weighted by Crippen LogP contribution is -2.52. The molecule has 1 spiro atoms. The molecule has 4 nitrogen and oxygen atoms in total. The van der Waals surface area contributed by atoms with Gasteiger partial charge >= 0.3 is 0 Å². The van der Waals surface area contributed by atoms with Crippen LogP contribution in [0, 0.1) is 11.8 Å². The average molecular weight is 294 g/mol. The molecule has 0 aromatic heterocycles. The van der Waals surface area contributed by atoms with Crippen LogP contribution in [0.2, 0.25) is 0 Å². The molecular formula is C17H26O4. The molecule has 3 rings (SSSR count). The number of hydrogen-bond acceptors (Lipinski definition) is 4. The predicted octanol–water partition coefficient (Wildman–Crippen LogP) is 2.51. The van der Waals surface area contributed by atoms with Crippen molar-refractivity contribution in [2.75, 3.05) is 13.7 Å². The molecule has 0 unspecified atom stereocenters. The first kappa shape index (κ1) is 15.2. The zero-order valence-electron chi connectivity index (χ0n) is 13.6. The smallest absolute Gasteiger partial charge is 0.184 e. The number of carbonyl (C=O) groups excluding carboxylic acids is 1. The minimum Gasteiger partial charge on any atom is -0.373 e. The summed E-state index contributed by atoms with van der Waals surface area (Å²) in [5.41, 5.74) is 0.373. The van der Waals surface area contributed by atoms with E-state index in [1.807, 2.05) is 6.92 Å². The van der Waals surface area contributed by atoms with E-state index in [4.69, 9.17) is 14.2 Å². The quantitative estimate of drug-likeness (QED) is 0.731. The van der Waals surface area contributed by atoms with Gasteiger partial charge in [-0.25, -0.2) is 0 Å². The van der Waals surface area contributed by atoms with E-state index in [0.717, 1.165) is 18.4 Å². The van der Waals surface area contributed by atoms with Gasteiger partial charge in [-0.1, -0.05) is 13.8 Å². The number of epoxide rings is 2. The van der Waals surface area contributed by atoms with Gasteiger partial charge in [0.25, 0.3) is 0 Å². The maximum atomic E-state index is 12.3. The summed E-state index contributed by atoms with van der Waals surface area (Å²) in [5, 5.41) is 0. The van der Waals surface area contributed by atoms with Gasteiger partial charge in [0.1, 0.15) is 17.3 Å². The molecule has 1 aliphatic carbocycles. The standard InChI is InChI=1S/C17H26O4/c1-10(2)6-7-13-16(4,21-13)15-14(19-5)12(18)8-11(3)17(15)9-20-17/h8,10,13-15H,6-7,9H2,1-5H3/t13-,14-,15-,16-,17-/m1/s1. The number of methoxy groups -OCH3 is 1. The summed E-state index contributed by atoms with van der Waals surface area (Å²) in [6, 6.07) is 0. The van der Waals surface area contributed by atoms with E-state index in [0.29, 0.717) is 12.5 Å². The lowest BCUT2D eigenvalue weighted by Gasteiger charge is -2.36. The number of ether oxygens (including phenoxy) is 3. The Kier molecular flexibility index (Phi) is 3.55. The molecule has 0 aromatic rings. The monoisotopic (exact) mass is 294 g/mol. The molecule has 0 radical (unpaired) electrons. The molecule has 0 aromatic carbocycles. The minimum absolute atomic E-state index is 0.0373. The van der Waals surface area contributed by atoms with E-state index in [-0.39, 0.29) is 29.0 Å². The first-order valence-corrected chi connectivity index (χ1v) is 7.92. The average Bonchev–Trinajstić information content (AvgIpc) is 3.30. The molecule has 0 N–H and O–H groups in total. The normalized spacial score (nSPS) is 45.1. The van der Waals surface area contributed by atoms with E-state index in [1.54, 1.807) is 13.2 Å². The molecule has 4 heteroatoms. The number of rotatable bonds is 5. The van der Waals surface area contributed by atoms with Crippen LogP contribution in [-0.2, 0) is 19.0 Å². The summed E-state index contributed by atoms with van der Waals surface area (Å²) in [4.78, 5) is 12.3. The molecule has 21 heavy (non-hydrogen) atoms. The van der Waals surface area contributed by atoms with Crippen molar-refractivity contribution in [1.29, 1.82) is 0 Å². The highest BCUT2D eigenvalue weighted by atomic mass is 16.6. The van der Waals surface area contributed by atoms with Crippen molar-refractivity contribution in [3.63, 3.8) is 0 Å². The molecule has 0 bridgehead atoms. The van der Waals surface area contributed by atoms with Crippen molar-refractivity contribution >= 4 is 5.78 Å². The zero-order valence-corrected chi connectivity index (χ0v) is 13.6. The van der Waals surface area contributed by atoms with Gasteiger partial charge in [0.05, 0.1) is 18.6 Å². The third-order valence-electron chi connectivity index (χ3n) is 5.42. The van der Waals surface area contributed by atoms with Crippen LogP contribution in [0.15, 0.2) is 11.6 Å². The van der Waals surface area contributed by atoms with Gasteiger partial charge in [0.2, 0.25) is 0 Å². The molecule has 3 aliphatic rings. The summed E-state index contributed by atoms with van der Waals surface area (Å²) in [6.07, 6.45) is 3.62. The second kappa shape index (κ2) is 4.90. The van der Waals surface area contributed by atoms with Crippen LogP contribution >= 0.6 is 0 Å². The Bertz CT molecular complexity index is 477. The Morgan fingerprint density at radius 1 is 1.48 bits per heavy atom. The van der Waals surface area contributed by atoms with Crippen LogP contribution in [0.4, 0.5) is 0 Å². The molecular weight excluding hydrogens is 268 g/mol. The first-order valence-electron chi connectivity index (χ1n) is 7.92. The molecule has 2 heterocycles. The first-order chi connectivity index (χ1) is 9.85. The van der Waals surface area contributed by atoms with E-state index >= 15 is 0 Å². The Hall–Kier alpha value is -0.710. The second-order valence-corrected chi connectivity index (χ2v) is 7.30. The lowest BCUT2D eigenvalue weighted by molar-refractivity contribution is -0.132. The highest BCUT2D eigenvalue weighted by Crippen LogP contribution is 2.59. The maximum Gasteiger partial charge on any atom is 0.184 e. The maximum absolute atomic E-state index is 12.3. The predicted molar refractivity (Wildman–Crippen MR) is 79.1 cm³/mol. The van der Waals surface area contributed by atoms with Gasteiger partial charge in [-0.05, 0) is 44.3 Å². The van der Waals surface area contributed by atoms with Crippen molar-refractivity contribution in [3.8, 4) is 0 Å². The fraction of sp³-hybridized carbons (Fsp3) is 0.824. The van der Waals surface area contributed by atoms with Crippen molar-refractivity contribution in [2.45, 2.75) is 63.9 Å². The Balaban J connectivity index is 1.83. The van der Waals surface area contributed by atoms with Gasteiger partial charge in [0, 0.05) is 7.11 Å². The topological polar surface area (TPSA) is 51.4 Å². The Morgan fingerprint density at radius 3 is 2.67 bits per heavy atom. The van der Waals surface area contributed by atoms with Crippen molar-refractivity contribution in [3.05, 3.63) is 11.6 Å². The third-order valence-corrected chi connectivity index (χ3v) is 5.42. The summed E-state index contributed by atoms with van der Waals surface area (Å²) >= 11 is 0. The minimum atomic E-state index is -0.453. The van der Waals surface area contributed by atoms with Crippen LogP contribution in [0.3, 0.4) is 0 Å². The van der Waals surface area contributed by atoms with Gasteiger partial charge in [-0.2, -0.15) is 0 Å². The van der Waals surface area contributed by atoms with Crippen molar-refractivity contribution in [1.82, 2.24) is 0 Å². The highest BCUT2D eigenvalue weighted by Gasteiger charge is 2.72. The Morgan fingerprint density at radius 2 is 2.14 bits per heavy atom. The van der Waals surface area contributed by atoms with Gasteiger partial charge in [-0.15, -0.1) is 0 Å². The van der Waals surface area contributed by atoms with Gasteiger partial charge < -0.3 is 14.2 Å². The molecule has 0 amide bonds. The summed E-state index contributed by atoms with van der Waals surface area (Å²) < 4.78 is 17.4. The largest absolute Gasteiger partial charge is 0.373 e. The van der Waals surface area contributed by atoms with Crippen LogP contribution in [0.25, 0.3) is 0 Å². The SMILES string of the molecule is CO[C@@H]1C(=O)C=C(C)[C@]2(CO2)[C@H]1[C@]1(C)O[C@@H]1CCC(C)C. The summed E-state index contributed by atoms with van der Waals surface area (Å²) in [7, 11) is 1.61. The number of hydrogen-bond donors (Lipinski definition) is 0. The van der Waals surface area contributed by atoms with Gasteiger partial charge in [-0.3, -0.25) is 4.79 Å². The van der Waals surface area contributed by atoms with Crippen LogP contribution in [-0.4, -0.2) is 42.9 Å². The zero-order chi connectivity index (χ0) is 15.4. The molecule has 2 saturated heterocycles. The van der Waals surface area contributed by atoms with E-state index in [9.17, 15) is 4.79 Å². The molecule has 0 saturated carbocycles. The molecule has 118 valence electrons. The second-order valence-electron chi connectivity index (χ2n) is 7.30. The fourth-order valence-corrected chi connectivity index (χ4v) is 3.95. The lowest BCUT2D eigenvalue weighted by atomic mass is 9.68. The van der Waals surface area contributed by atoms with Crippen molar-refractivity contribution < 1.29 is 19.0 Å². The summed E-state index contributed by atoms with van der Waals surface area (Å²) in [5.74, 6) is 0.669. The van der Waals surface area contributed by atoms with Crippen LogP contribution in [0.1, 0.15) is 40.5 Å².